The lowest BCUT2D eigenvalue weighted by atomic mass is 9.83. The van der Waals surface area contributed by atoms with E-state index in [4.69, 9.17) is 16.3 Å². The van der Waals surface area contributed by atoms with E-state index >= 15 is 0 Å². The van der Waals surface area contributed by atoms with Gasteiger partial charge in [0.2, 0.25) is 0 Å². The molecule has 6 nitrogen and oxygen atoms in total. The summed E-state index contributed by atoms with van der Waals surface area (Å²) in [7, 11) is 3.71. The average molecular weight is 497 g/mol. The van der Waals surface area contributed by atoms with Crippen LogP contribution < -0.4 is 4.90 Å². The number of ketones is 1. The fourth-order valence-corrected chi connectivity index (χ4v) is 5.28. The molecule has 4 rings (SSSR count). The fraction of sp³-hybridized carbons (Fsp3) is 0.346. The third kappa shape index (κ3) is 4.92. The molecule has 1 aromatic heterocycles. The molecule has 0 atom stereocenters. The Kier molecular flexibility index (Phi) is 7.45. The minimum Gasteiger partial charge on any atom is -0.385 e. The summed E-state index contributed by atoms with van der Waals surface area (Å²) in [6.45, 7) is 5.65. The number of halogens is 1. The van der Waals surface area contributed by atoms with Gasteiger partial charge in [0.05, 0.1) is 5.75 Å². The quantitative estimate of drug-likeness (QED) is 0.218. The maximum Gasteiger partial charge on any atom is 0.191 e. The topological polar surface area (TPSA) is 60.2 Å². The molecule has 178 valence electrons. The summed E-state index contributed by atoms with van der Waals surface area (Å²) in [6, 6.07) is 15.8. The first-order valence-electron chi connectivity index (χ1n) is 11.2. The van der Waals surface area contributed by atoms with E-state index in [2.05, 4.69) is 45.6 Å². The number of rotatable bonds is 9. The molecule has 2 aromatic carbocycles. The van der Waals surface area contributed by atoms with Gasteiger partial charge in [0.15, 0.2) is 16.8 Å². The van der Waals surface area contributed by atoms with Crippen molar-refractivity contribution in [1.82, 2.24) is 14.8 Å². The van der Waals surface area contributed by atoms with Gasteiger partial charge in [-0.3, -0.25) is 4.79 Å². The highest BCUT2D eigenvalue weighted by molar-refractivity contribution is 7.99. The largest absolute Gasteiger partial charge is 0.385 e. The summed E-state index contributed by atoms with van der Waals surface area (Å²) < 4.78 is 7.28. The van der Waals surface area contributed by atoms with E-state index in [1.165, 1.54) is 17.3 Å². The van der Waals surface area contributed by atoms with Crippen molar-refractivity contribution in [2.75, 3.05) is 31.4 Å². The molecule has 0 saturated carbocycles. The van der Waals surface area contributed by atoms with E-state index in [0.29, 0.717) is 18.2 Å². The minimum absolute atomic E-state index is 0.0483. The van der Waals surface area contributed by atoms with E-state index in [-0.39, 0.29) is 17.0 Å². The first-order valence-corrected chi connectivity index (χ1v) is 12.6. The summed E-state index contributed by atoms with van der Waals surface area (Å²) in [6.07, 6.45) is 2.59. The van der Waals surface area contributed by atoms with Crippen molar-refractivity contribution in [1.29, 1.82) is 0 Å². The summed E-state index contributed by atoms with van der Waals surface area (Å²) in [5, 5.41) is 10.2. The zero-order valence-electron chi connectivity index (χ0n) is 19.9. The van der Waals surface area contributed by atoms with Crippen molar-refractivity contribution >= 4 is 34.8 Å². The van der Waals surface area contributed by atoms with Crippen LogP contribution in [0.15, 0.2) is 65.5 Å². The van der Waals surface area contributed by atoms with Crippen LogP contribution in [0.4, 0.5) is 5.69 Å². The molecule has 0 bridgehead atoms. The molecule has 8 heteroatoms. The number of hydrogen-bond donors (Lipinski definition) is 0. The van der Waals surface area contributed by atoms with Crippen LogP contribution >= 0.6 is 23.4 Å². The third-order valence-electron chi connectivity index (χ3n) is 6.13. The van der Waals surface area contributed by atoms with Crippen molar-refractivity contribution < 1.29 is 9.53 Å². The number of carbonyl (C=O) groups excluding carboxylic acids is 1. The summed E-state index contributed by atoms with van der Waals surface area (Å²) in [5.74, 6) is 1.09. The number of allylic oxidation sites excluding steroid dienone is 2. The van der Waals surface area contributed by atoms with Crippen LogP contribution in [0.1, 0.15) is 25.8 Å². The van der Waals surface area contributed by atoms with Crippen LogP contribution in [0.5, 0.6) is 0 Å². The monoisotopic (exact) mass is 496 g/mol. The van der Waals surface area contributed by atoms with E-state index in [1.54, 1.807) is 13.2 Å². The number of ether oxygens (including phenoxy) is 1. The van der Waals surface area contributed by atoms with Crippen molar-refractivity contribution in [2.24, 2.45) is 0 Å². The van der Waals surface area contributed by atoms with E-state index in [1.807, 2.05) is 43.4 Å². The van der Waals surface area contributed by atoms with Crippen molar-refractivity contribution in [3.05, 3.63) is 70.9 Å². The molecule has 0 saturated heterocycles. The maximum atomic E-state index is 13.0. The van der Waals surface area contributed by atoms with Gasteiger partial charge in [-0.1, -0.05) is 55.4 Å². The number of hydrogen-bond acceptors (Lipinski definition) is 6. The number of anilines is 1. The second-order valence-corrected chi connectivity index (χ2v) is 10.2. The molecule has 0 N–H and O–H groups in total. The van der Waals surface area contributed by atoms with Gasteiger partial charge in [-0.05, 0) is 42.3 Å². The Labute approximate surface area is 210 Å². The lowest BCUT2D eigenvalue weighted by molar-refractivity contribution is -0.112. The molecular weight excluding hydrogens is 468 g/mol. The van der Waals surface area contributed by atoms with E-state index in [9.17, 15) is 4.79 Å². The number of thioether (sulfide) groups is 1. The van der Waals surface area contributed by atoms with Gasteiger partial charge >= 0.3 is 0 Å². The normalized spacial score (nSPS) is 15.7. The minimum atomic E-state index is -0.229. The Bertz CT molecular complexity index is 1200. The highest BCUT2D eigenvalue weighted by Gasteiger charge is 2.38. The Hall–Kier alpha value is -2.61. The van der Waals surface area contributed by atoms with Crippen LogP contribution in [0.2, 0.25) is 5.02 Å². The summed E-state index contributed by atoms with van der Waals surface area (Å²) >= 11 is 7.46. The van der Waals surface area contributed by atoms with Crippen LogP contribution in [-0.2, 0) is 21.5 Å². The molecule has 0 unspecified atom stereocenters. The lowest BCUT2D eigenvalue weighted by Gasteiger charge is -2.23. The SMILES string of the molecule is COCCCn1c(SCC(=O)/C=C2\N(C)c3ccccc3C2(C)C)nnc1-c1ccc(Cl)cc1. The number of benzene rings is 2. The Balaban J connectivity index is 1.53. The predicted molar refractivity (Wildman–Crippen MR) is 139 cm³/mol. The number of aromatic nitrogens is 3. The molecule has 1 aliphatic heterocycles. The van der Waals surface area contributed by atoms with Crippen molar-refractivity contribution in [2.45, 2.75) is 37.4 Å². The van der Waals surface area contributed by atoms with Crippen LogP contribution in [0.3, 0.4) is 0 Å². The van der Waals surface area contributed by atoms with Gasteiger partial charge < -0.3 is 14.2 Å². The molecule has 1 aliphatic rings. The highest BCUT2D eigenvalue weighted by Crippen LogP contribution is 2.46. The van der Waals surface area contributed by atoms with Crippen LogP contribution in [0, 0.1) is 0 Å². The lowest BCUT2D eigenvalue weighted by Crippen LogP contribution is -2.24. The zero-order valence-corrected chi connectivity index (χ0v) is 21.5. The Morgan fingerprint density at radius 2 is 1.88 bits per heavy atom. The average Bonchev–Trinajstić information content (AvgIpc) is 3.31. The molecule has 0 aliphatic carbocycles. The molecule has 34 heavy (non-hydrogen) atoms. The Morgan fingerprint density at radius 3 is 2.59 bits per heavy atom. The maximum absolute atomic E-state index is 13.0. The second-order valence-electron chi connectivity index (χ2n) is 8.80. The molecular formula is C26H29ClN4O2S. The van der Waals surface area contributed by atoms with Gasteiger partial charge in [-0.15, -0.1) is 10.2 Å². The van der Waals surface area contributed by atoms with Crippen LogP contribution in [0.25, 0.3) is 11.4 Å². The van der Waals surface area contributed by atoms with Gasteiger partial charge in [-0.25, -0.2) is 0 Å². The second kappa shape index (κ2) is 10.3. The zero-order chi connectivity index (χ0) is 24.3. The van der Waals surface area contributed by atoms with E-state index in [0.717, 1.165) is 34.3 Å². The molecule has 0 radical (unpaired) electrons. The molecule has 0 fully saturated rings. The highest BCUT2D eigenvalue weighted by atomic mass is 35.5. The predicted octanol–water partition coefficient (Wildman–Crippen LogP) is 5.61. The number of para-hydroxylation sites is 1. The fourth-order valence-electron chi connectivity index (χ4n) is 4.37. The van der Waals surface area contributed by atoms with Crippen molar-refractivity contribution in [3.63, 3.8) is 0 Å². The first kappa shape index (κ1) is 24.5. The Morgan fingerprint density at radius 1 is 1.15 bits per heavy atom. The number of nitrogens with zero attached hydrogens (tertiary/aromatic N) is 4. The number of fused-ring (bicyclic) bond motifs is 1. The van der Waals surface area contributed by atoms with Crippen molar-refractivity contribution in [3.8, 4) is 11.4 Å². The summed E-state index contributed by atoms with van der Waals surface area (Å²) in [5.41, 5.74) is 4.08. The molecule has 2 heterocycles. The van der Waals surface area contributed by atoms with E-state index < -0.39 is 0 Å². The van der Waals surface area contributed by atoms with Crippen LogP contribution in [-0.4, -0.2) is 47.1 Å². The molecule has 3 aromatic rings. The first-order chi connectivity index (χ1) is 16.3. The van der Waals surface area contributed by atoms with Gasteiger partial charge in [-0.2, -0.15) is 0 Å². The third-order valence-corrected chi connectivity index (χ3v) is 7.37. The molecule has 0 amide bonds. The standard InChI is InChI=1S/C26H29ClN4O2S/c1-26(2)21-8-5-6-9-22(21)30(3)23(26)16-20(32)17-34-25-29-28-24(31(25)14-7-15-33-4)18-10-12-19(27)13-11-18/h5-6,8-13,16H,7,14-15,17H2,1-4H3/b23-16-. The smallest absolute Gasteiger partial charge is 0.191 e. The summed E-state index contributed by atoms with van der Waals surface area (Å²) in [4.78, 5) is 15.1. The number of methoxy groups -OCH3 is 1. The van der Waals surface area contributed by atoms with Gasteiger partial charge in [0, 0.05) is 60.8 Å². The number of carbonyl (C=O) groups is 1. The molecule has 0 spiro atoms. The number of likely N-dealkylation sites (N-methyl/N-ethyl adjacent to an activating group) is 1. The van der Waals surface area contributed by atoms with Gasteiger partial charge in [0.25, 0.3) is 0 Å². The van der Waals surface area contributed by atoms with Gasteiger partial charge in [0.1, 0.15) is 0 Å².